The first kappa shape index (κ1) is 29.6. The van der Waals surface area contributed by atoms with Gasteiger partial charge >= 0.3 is 6.18 Å². The molecule has 7 nitrogen and oxygen atoms in total. The van der Waals surface area contributed by atoms with E-state index in [0.717, 1.165) is 23.6 Å². The number of piperazine rings is 1. The van der Waals surface area contributed by atoms with Crippen molar-refractivity contribution in [3.05, 3.63) is 89.9 Å². The summed E-state index contributed by atoms with van der Waals surface area (Å²) in [6.07, 6.45) is -4.53. The van der Waals surface area contributed by atoms with Crippen LogP contribution in [-0.2, 0) is 12.7 Å². The number of rotatable bonds is 4. The van der Waals surface area contributed by atoms with E-state index in [1.807, 2.05) is 29.2 Å². The first-order chi connectivity index (χ1) is 19.5. The van der Waals surface area contributed by atoms with Crippen LogP contribution in [0.25, 0.3) is 0 Å². The number of ether oxygens (including phenoxy) is 2. The molecule has 1 saturated heterocycles. The highest BCUT2D eigenvalue weighted by atomic mass is 19.4. The summed E-state index contributed by atoms with van der Waals surface area (Å²) in [7, 11) is 3.03. The summed E-state index contributed by atoms with van der Waals surface area (Å²) in [4.78, 5) is 10.5. The van der Waals surface area contributed by atoms with Crippen molar-refractivity contribution in [2.45, 2.75) is 19.6 Å². The molecule has 2 aliphatic rings. The Kier molecular flexibility index (Phi) is 8.95. The summed E-state index contributed by atoms with van der Waals surface area (Å²) in [5.41, 5.74) is 1.22. The molecule has 41 heavy (non-hydrogen) atoms. The first-order valence-corrected chi connectivity index (χ1v) is 12.9. The summed E-state index contributed by atoms with van der Waals surface area (Å²) in [6.45, 7) is 7.16. The number of para-hydroxylation sites is 1. The Morgan fingerprint density at radius 3 is 2.22 bits per heavy atom. The van der Waals surface area contributed by atoms with Gasteiger partial charge in [0.05, 0.1) is 37.8 Å². The molecule has 0 radical (unpaired) electrons. The van der Waals surface area contributed by atoms with E-state index in [9.17, 15) is 17.6 Å². The molecule has 0 spiro atoms. The van der Waals surface area contributed by atoms with E-state index in [2.05, 4.69) is 16.5 Å². The van der Waals surface area contributed by atoms with Gasteiger partial charge in [-0.25, -0.2) is 9.38 Å². The lowest BCUT2D eigenvalue weighted by Gasteiger charge is -2.42. The minimum Gasteiger partial charge on any atom is -0.513 e. The molecule has 2 aliphatic heterocycles. The number of anilines is 2. The average Bonchev–Trinajstić information content (AvgIpc) is 2.96. The molecule has 0 bridgehead atoms. The van der Waals surface area contributed by atoms with Crippen molar-refractivity contribution < 1.29 is 32.1 Å². The van der Waals surface area contributed by atoms with Crippen LogP contribution < -0.4 is 19.3 Å². The highest BCUT2D eigenvalue weighted by Gasteiger charge is 2.35. The fourth-order valence-corrected chi connectivity index (χ4v) is 4.70. The first-order valence-electron chi connectivity index (χ1n) is 12.9. The van der Waals surface area contributed by atoms with Gasteiger partial charge in [-0.1, -0.05) is 24.8 Å². The third kappa shape index (κ3) is 6.85. The molecule has 3 aromatic rings. The minimum atomic E-state index is -4.53. The number of fused-ring (bicyclic) bond motifs is 1. The van der Waals surface area contributed by atoms with Crippen molar-refractivity contribution in [3.63, 3.8) is 0 Å². The van der Waals surface area contributed by atoms with E-state index in [4.69, 9.17) is 14.6 Å². The number of benzene rings is 3. The van der Waals surface area contributed by atoms with E-state index >= 15 is 0 Å². The monoisotopic (exact) mass is 572 g/mol. The van der Waals surface area contributed by atoms with Crippen LogP contribution in [0.1, 0.15) is 18.1 Å². The standard InChI is InChI=1S/C27H26F4N4O2.C3H6O/c1-36-21-7-4-6-20(16-21)33-11-13-34(14-12-33)26-32-25-18(5-3-8-22(25)28)17-35(26)23-15-19(27(29,30)31)9-10-24(23)37-2;1-3(2)4/h3-10,15-16H,11-14,17H2,1-2H3;4H,1H2,2H3. The SMILES string of the molecule is C=C(C)O.COc1cccc(N2CCN(C3=Nc4c(F)cccc4CN3c3cc(C(F)(F)F)ccc3OC)CC2)c1. The average molecular weight is 573 g/mol. The maximum atomic E-state index is 14.7. The van der Waals surface area contributed by atoms with Crippen molar-refractivity contribution in [1.29, 1.82) is 0 Å². The van der Waals surface area contributed by atoms with Crippen LogP contribution in [0.5, 0.6) is 11.5 Å². The quantitative estimate of drug-likeness (QED) is 0.275. The van der Waals surface area contributed by atoms with E-state index in [-0.39, 0.29) is 29.4 Å². The number of alkyl halides is 3. The van der Waals surface area contributed by atoms with Gasteiger partial charge in [0, 0.05) is 43.5 Å². The molecule has 3 aromatic carbocycles. The van der Waals surface area contributed by atoms with Crippen LogP contribution >= 0.6 is 0 Å². The Bertz CT molecular complexity index is 1420. The van der Waals surface area contributed by atoms with E-state index < -0.39 is 17.6 Å². The van der Waals surface area contributed by atoms with Crippen molar-refractivity contribution in [2.24, 2.45) is 4.99 Å². The Balaban J connectivity index is 0.000000909. The Hall–Kier alpha value is -4.41. The number of nitrogens with zero attached hydrogens (tertiary/aromatic N) is 4. The van der Waals surface area contributed by atoms with Crippen molar-refractivity contribution in [1.82, 2.24) is 4.90 Å². The number of allylic oxidation sites excluding steroid dienone is 1. The lowest BCUT2D eigenvalue weighted by atomic mass is 10.1. The van der Waals surface area contributed by atoms with Gasteiger partial charge in [0.15, 0.2) is 0 Å². The smallest absolute Gasteiger partial charge is 0.416 e. The minimum absolute atomic E-state index is 0.152. The third-order valence-corrected chi connectivity index (χ3v) is 6.63. The number of aliphatic imine (C=N–C) groups is 1. The van der Waals surface area contributed by atoms with Crippen LogP contribution in [0.4, 0.5) is 34.6 Å². The molecule has 11 heteroatoms. The molecule has 218 valence electrons. The van der Waals surface area contributed by atoms with Crippen molar-refractivity contribution in [2.75, 3.05) is 50.2 Å². The van der Waals surface area contributed by atoms with Crippen LogP contribution in [0, 0.1) is 5.82 Å². The predicted molar refractivity (Wildman–Crippen MR) is 152 cm³/mol. The van der Waals surface area contributed by atoms with E-state index in [0.29, 0.717) is 37.7 Å². The lowest BCUT2D eigenvalue weighted by Crippen LogP contribution is -2.54. The molecule has 1 fully saturated rings. The zero-order valence-corrected chi connectivity index (χ0v) is 23.1. The Labute approximate surface area is 236 Å². The fourth-order valence-electron chi connectivity index (χ4n) is 4.70. The third-order valence-electron chi connectivity index (χ3n) is 6.63. The zero-order valence-electron chi connectivity index (χ0n) is 23.1. The Morgan fingerprint density at radius 1 is 0.927 bits per heavy atom. The number of guanidine groups is 1. The van der Waals surface area contributed by atoms with Crippen molar-refractivity contribution >= 4 is 23.0 Å². The maximum Gasteiger partial charge on any atom is 0.416 e. The van der Waals surface area contributed by atoms with E-state index in [1.165, 1.54) is 26.2 Å². The summed E-state index contributed by atoms with van der Waals surface area (Å²) < 4.78 is 66.3. The molecule has 0 saturated carbocycles. The molecular weight excluding hydrogens is 540 g/mol. The molecule has 0 atom stereocenters. The van der Waals surface area contributed by atoms with Gasteiger partial charge in [-0.3, -0.25) is 0 Å². The number of hydrogen-bond donors (Lipinski definition) is 1. The van der Waals surface area contributed by atoms with Crippen LogP contribution in [-0.4, -0.2) is 56.4 Å². The molecule has 1 N–H and O–H groups in total. The van der Waals surface area contributed by atoms with E-state index in [1.54, 1.807) is 24.1 Å². The highest BCUT2D eigenvalue weighted by molar-refractivity contribution is 6.00. The highest BCUT2D eigenvalue weighted by Crippen LogP contribution is 2.40. The predicted octanol–water partition coefficient (Wildman–Crippen LogP) is 6.77. The second kappa shape index (κ2) is 12.4. The molecule has 0 aliphatic carbocycles. The van der Waals surface area contributed by atoms with Gasteiger partial charge < -0.3 is 29.3 Å². The number of methoxy groups -OCH3 is 2. The summed E-state index contributed by atoms with van der Waals surface area (Å²) >= 11 is 0. The molecule has 5 rings (SSSR count). The summed E-state index contributed by atoms with van der Waals surface area (Å²) in [5, 5.41) is 7.86. The Morgan fingerprint density at radius 2 is 1.59 bits per heavy atom. The van der Waals surface area contributed by atoms with Gasteiger partial charge in [0.25, 0.3) is 0 Å². The van der Waals surface area contributed by atoms with Crippen molar-refractivity contribution in [3.8, 4) is 11.5 Å². The molecule has 0 aromatic heterocycles. The van der Waals surface area contributed by atoms with Gasteiger partial charge in [0.2, 0.25) is 5.96 Å². The van der Waals surface area contributed by atoms with Crippen LogP contribution in [0.3, 0.4) is 0 Å². The number of aliphatic hydroxyl groups is 1. The number of aliphatic hydroxyl groups excluding tert-OH is 1. The molecule has 2 heterocycles. The molecule has 0 unspecified atom stereocenters. The molecular formula is C30H32F4N4O3. The van der Waals surface area contributed by atoms with Crippen LogP contribution in [0.15, 0.2) is 78.0 Å². The second-order valence-corrected chi connectivity index (χ2v) is 9.54. The largest absolute Gasteiger partial charge is 0.513 e. The normalized spacial score (nSPS) is 14.9. The number of hydrogen-bond acceptors (Lipinski definition) is 7. The number of halogens is 4. The van der Waals surface area contributed by atoms with Gasteiger partial charge in [0.1, 0.15) is 23.0 Å². The topological polar surface area (TPSA) is 60.8 Å². The van der Waals surface area contributed by atoms with Gasteiger partial charge in [-0.2, -0.15) is 13.2 Å². The molecule has 0 amide bonds. The second-order valence-electron chi connectivity index (χ2n) is 9.54. The maximum absolute atomic E-state index is 14.7. The van der Waals surface area contributed by atoms with Gasteiger partial charge in [-0.05, 0) is 43.3 Å². The lowest BCUT2D eigenvalue weighted by molar-refractivity contribution is -0.137. The summed E-state index contributed by atoms with van der Waals surface area (Å²) in [5.74, 6) is 1.11. The fraction of sp³-hybridized carbons (Fsp3) is 0.300. The van der Waals surface area contributed by atoms with Crippen LogP contribution in [0.2, 0.25) is 0 Å². The van der Waals surface area contributed by atoms with Gasteiger partial charge in [-0.15, -0.1) is 0 Å². The summed E-state index contributed by atoms with van der Waals surface area (Å²) in [6, 6.07) is 15.8. The zero-order chi connectivity index (χ0) is 29.7.